The summed E-state index contributed by atoms with van der Waals surface area (Å²) in [5, 5.41) is 2.96. The van der Waals surface area contributed by atoms with Crippen LogP contribution in [0.3, 0.4) is 0 Å². The van der Waals surface area contributed by atoms with Crippen LogP contribution in [0.2, 0.25) is 0 Å². The highest BCUT2D eigenvalue weighted by Crippen LogP contribution is 2.23. The van der Waals surface area contributed by atoms with Gasteiger partial charge in [-0.2, -0.15) is 0 Å². The van der Waals surface area contributed by atoms with Crippen LogP contribution in [-0.4, -0.2) is 60.9 Å². The molecule has 0 saturated carbocycles. The molecule has 1 heterocycles. The third kappa shape index (κ3) is 4.85. The first-order valence-corrected chi connectivity index (χ1v) is 10.1. The van der Waals surface area contributed by atoms with Crippen molar-refractivity contribution in [2.45, 2.75) is 45.4 Å². The van der Waals surface area contributed by atoms with E-state index < -0.39 is 0 Å². The molecule has 1 fully saturated rings. The first-order chi connectivity index (χ1) is 12.7. The summed E-state index contributed by atoms with van der Waals surface area (Å²) < 4.78 is 0. The molecule has 2 aliphatic rings. The summed E-state index contributed by atoms with van der Waals surface area (Å²) in [4.78, 5) is 28.8. The van der Waals surface area contributed by atoms with E-state index in [2.05, 4.69) is 29.3 Å². The molecule has 0 aromatic heterocycles. The lowest BCUT2D eigenvalue weighted by atomic mass is 9.90. The van der Waals surface area contributed by atoms with Crippen molar-refractivity contribution < 1.29 is 9.59 Å². The molecule has 1 saturated heterocycles. The molecule has 0 atom stereocenters. The van der Waals surface area contributed by atoms with Crippen molar-refractivity contribution in [1.82, 2.24) is 15.1 Å². The predicted octanol–water partition coefficient (Wildman–Crippen LogP) is 2.24. The van der Waals surface area contributed by atoms with Gasteiger partial charge in [0.25, 0.3) is 5.91 Å². The van der Waals surface area contributed by atoms with E-state index in [1.54, 1.807) is 0 Å². The Kier molecular flexibility index (Phi) is 6.67. The predicted molar refractivity (Wildman–Crippen MR) is 103 cm³/mol. The van der Waals surface area contributed by atoms with Crippen LogP contribution in [0.25, 0.3) is 0 Å². The normalized spacial score (nSPS) is 17.7. The van der Waals surface area contributed by atoms with Crippen LogP contribution in [-0.2, 0) is 17.6 Å². The molecule has 1 aromatic rings. The second-order valence-electron chi connectivity index (χ2n) is 7.46. The number of nitrogens with one attached hydrogen (secondary N) is 1. The van der Waals surface area contributed by atoms with Gasteiger partial charge in [0.15, 0.2) is 0 Å². The van der Waals surface area contributed by atoms with E-state index in [-0.39, 0.29) is 11.8 Å². The summed E-state index contributed by atoms with van der Waals surface area (Å²) in [6, 6.07) is 6.23. The fourth-order valence-corrected chi connectivity index (χ4v) is 3.82. The molecule has 0 bridgehead atoms. The van der Waals surface area contributed by atoms with Gasteiger partial charge in [-0.05, 0) is 55.4 Å². The molecule has 5 heteroatoms. The molecule has 1 aliphatic carbocycles. The second kappa shape index (κ2) is 9.17. The van der Waals surface area contributed by atoms with Crippen LogP contribution in [0.5, 0.6) is 0 Å². The van der Waals surface area contributed by atoms with E-state index in [1.807, 2.05) is 11.0 Å². The van der Waals surface area contributed by atoms with E-state index in [9.17, 15) is 9.59 Å². The lowest BCUT2D eigenvalue weighted by Crippen LogP contribution is -2.51. The largest absolute Gasteiger partial charge is 0.355 e. The Bertz CT molecular complexity index is 636. The topological polar surface area (TPSA) is 52.7 Å². The van der Waals surface area contributed by atoms with Crippen LogP contribution < -0.4 is 5.32 Å². The Morgan fingerprint density at radius 2 is 1.77 bits per heavy atom. The highest BCUT2D eigenvalue weighted by molar-refractivity contribution is 5.94. The summed E-state index contributed by atoms with van der Waals surface area (Å²) >= 11 is 0. The van der Waals surface area contributed by atoms with Gasteiger partial charge in [0.05, 0.1) is 6.54 Å². The van der Waals surface area contributed by atoms with Gasteiger partial charge in [0.1, 0.15) is 0 Å². The fourth-order valence-electron chi connectivity index (χ4n) is 3.82. The molecule has 26 heavy (non-hydrogen) atoms. The van der Waals surface area contributed by atoms with E-state index in [1.165, 1.54) is 24.0 Å². The lowest BCUT2D eigenvalue weighted by Gasteiger charge is -2.34. The number of benzene rings is 1. The zero-order valence-electron chi connectivity index (χ0n) is 15.9. The highest BCUT2D eigenvalue weighted by atomic mass is 16.2. The number of hydrogen-bond acceptors (Lipinski definition) is 3. The Labute approximate surface area is 156 Å². The van der Waals surface area contributed by atoms with Gasteiger partial charge in [-0.3, -0.25) is 14.5 Å². The maximum atomic E-state index is 12.8. The van der Waals surface area contributed by atoms with E-state index >= 15 is 0 Å². The number of unbranched alkanes of at least 4 members (excludes halogenated alkanes) is 1. The Morgan fingerprint density at radius 1 is 1.04 bits per heavy atom. The number of carbonyl (C=O) groups excluding carboxylic acids is 2. The highest BCUT2D eigenvalue weighted by Gasteiger charge is 2.24. The molecule has 5 nitrogen and oxygen atoms in total. The quantitative estimate of drug-likeness (QED) is 0.795. The van der Waals surface area contributed by atoms with Gasteiger partial charge in [-0.1, -0.05) is 19.4 Å². The number of hydrogen-bond donors (Lipinski definition) is 1. The number of piperazine rings is 1. The van der Waals surface area contributed by atoms with Crippen LogP contribution in [0, 0.1) is 0 Å². The Balaban J connectivity index is 1.48. The van der Waals surface area contributed by atoms with E-state index in [0.717, 1.165) is 50.9 Å². The SMILES string of the molecule is CCCCNC(=O)CN1CCN(C(=O)c2ccc3c(c2)CCCC3)CC1. The van der Waals surface area contributed by atoms with Gasteiger partial charge < -0.3 is 10.2 Å². The summed E-state index contributed by atoms with van der Waals surface area (Å²) in [5.41, 5.74) is 3.58. The zero-order chi connectivity index (χ0) is 18.4. The third-order valence-corrected chi connectivity index (χ3v) is 5.47. The maximum absolute atomic E-state index is 12.8. The number of carbonyl (C=O) groups is 2. The number of amides is 2. The molecule has 1 aromatic carbocycles. The van der Waals surface area contributed by atoms with Crippen molar-refractivity contribution in [3.63, 3.8) is 0 Å². The minimum atomic E-state index is 0.0907. The molecule has 0 unspecified atom stereocenters. The standard InChI is InChI=1S/C21H31N3O2/c1-2-3-10-22-20(25)16-23-11-13-24(14-12-23)21(26)19-9-8-17-6-4-5-7-18(17)15-19/h8-9,15H,2-7,10-14,16H2,1H3,(H,22,25). The van der Waals surface area contributed by atoms with Gasteiger partial charge in [0, 0.05) is 38.3 Å². The average molecular weight is 357 g/mol. The Hall–Kier alpha value is -1.88. The summed E-state index contributed by atoms with van der Waals surface area (Å²) in [7, 11) is 0. The summed E-state index contributed by atoms with van der Waals surface area (Å²) in [5.74, 6) is 0.221. The number of nitrogens with zero attached hydrogens (tertiary/aromatic N) is 2. The minimum absolute atomic E-state index is 0.0907. The Morgan fingerprint density at radius 3 is 2.50 bits per heavy atom. The zero-order valence-corrected chi connectivity index (χ0v) is 15.9. The number of fused-ring (bicyclic) bond motifs is 1. The molecule has 0 spiro atoms. The van der Waals surface area contributed by atoms with Gasteiger partial charge in [-0.25, -0.2) is 0 Å². The first kappa shape index (κ1) is 18.9. The van der Waals surface area contributed by atoms with Crippen molar-refractivity contribution in [3.8, 4) is 0 Å². The average Bonchev–Trinajstić information content (AvgIpc) is 2.68. The van der Waals surface area contributed by atoms with Crippen LogP contribution in [0.4, 0.5) is 0 Å². The van der Waals surface area contributed by atoms with Crippen LogP contribution >= 0.6 is 0 Å². The molecular formula is C21H31N3O2. The molecule has 0 radical (unpaired) electrons. The molecule has 1 N–H and O–H groups in total. The van der Waals surface area contributed by atoms with Crippen molar-refractivity contribution in [2.75, 3.05) is 39.3 Å². The second-order valence-corrected chi connectivity index (χ2v) is 7.46. The van der Waals surface area contributed by atoms with Crippen molar-refractivity contribution in [2.24, 2.45) is 0 Å². The minimum Gasteiger partial charge on any atom is -0.355 e. The third-order valence-electron chi connectivity index (χ3n) is 5.47. The molecule has 3 rings (SSSR count). The van der Waals surface area contributed by atoms with Gasteiger partial charge >= 0.3 is 0 Å². The van der Waals surface area contributed by atoms with E-state index in [4.69, 9.17) is 0 Å². The van der Waals surface area contributed by atoms with Crippen LogP contribution in [0.1, 0.15) is 54.1 Å². The summed E-state index contributed by atoms with van der Waals surface area (Å²) in [6.45, 7) is 6.22. The lowest BCUT2D eigenvalue weighted by molar-refractivity contribution is -0.122. The smallest absolute Gasteiger partial charge is 0.253 e. The van der Waals surface area contributed by atoms with Crippen molar-refractivity contribution >= 4 is 11.8 Å². The number of aryl methyl sites for hydroxylation is 2. The first-order valence-electron chi connectivity index (χ1n) is 10.1. The monoisotopic (exact) mass is 357 g/mol. The maximum Gasteiger partial charge on any atom is 0.253 e. The van der Waals surface area contributed by atoms with Crippen LogP contribution in [0.15, 0.2) is 18.2 Å². The van der Waals surface area contributed by atoms with Gasteiger partial charge in [0.2, 0.25) is 5.91 Å². The molecule has 1 aliphatic heterocycles. The van der Waals surface area contributed by atoms with E-state index in [0.29, 0.717) is 19.6 Å². The molecule has 142 valence electrons. The molecular weight excluding hydrogens is 326 g/mol. The van der Waals surface area contributed by atoms with Gasteiger partial charge in [-0.15, -0.1) is 0 Å². The fraction of sp³-hybridized carbons (Fsp3) is 0.619. The van der Waals surface area contributed by atoms with Crippen molar-refractivity contribution in [1.29, 1.82) is 0 Å². The molecule has 2 amide bonds. The summed E-state index contributed by atoms with van der Waals surface area (Å²) in [6.07, 6.45) is 6.83. The van der Waals surface area contributed by atoms with Crippen molar-refractivity contribution in [3.05, 3.63) is 34.9 Å². The number of rotatable bonds is 6.